The molecule has 1 aliphatic heterocycles. The van der Waals surface area contributed by atoms with E-state index >= 15 is 0 Å². The van der Waals surface area contributed by atoms with Gasteiger partial charge >= 0.3 is 5.97 Å². The highest BCUT2D eigenvalue weighted by atomic mass is 16.5. The molecule has 1 saturated carbocycles. The van der Waals surface area contributed by atoms with Gasteiger partial charge in [-0.2, -0.15) is 5.10 Å². The third-order valence-corrected chi connectivity index (χ3v) is 5.42. The molecule has 8 heteroatoms. The minimum atomic E-state index is -0.968. The molecule has 2 heterocycles. The third kappa shape index (κ3) is 3.28. The molecular weight excluding hydrogens is 348 g/mol. The molecule has 27 heavy (non-hydrogen) atoms. The van der Waals surface area contributed by atoms with Gasteiger partial charge in [-0.25, -0.2) is 4.79 Å². The molecule has 1 aliphatic carbocycles. The fourth-order valence-corrected chi connectivity index (χ4v) is 3.39. The first-order chi connectivity index (χ1) is 13.0. The Morgan fingerprint density at radius 1 is 1.33 bits per heavy atom. The zero-order valence-electron chi connectivity index (χ0n) is 15.1. The molecular formula is C19H22N4O4. The van der Waals surface area contributed by atoms with Crippen molar-refractivity contribution in [2.45, 2.75) is 31.5 Å². The molecule has 0 saturated heterocycles. The topological polar surface area (TPSA) is 96.7 Å². The number of fused-ring (bicyclic) bond motifs is 1. The average molecular weight is 370 g/mol. The maximum Gasteiger partial charge on any atom is 0.335 e. The summed E-state index contributed by atoms with van der Waals surface area (Å²) < 4.78 is 7.74. The van der Waals surface area contributed by atoms with Crippen LogP contribution >= 0.6 is 0 Å². The Labute approximate surface area is 156 Å². The van der Waals surface area contributed by atoms with Gasteiger partial charge in [0.1, 0.15) is 12.4 Å². The Morgan fingerprint density at radius 3 is 2.74 bits per heavy atom. The second-order valence-electron chi connectivity index (χ2n) is 7.11. The molecule has 2 N–H and O–H groups in total. The first kappa shape index (κ1) is 17.5. The number of likely N-dealkylation sites (N-methyl/N-ethyl adjacent to an activating group) is 1. The highest BCUT2D eigenvalue weighted by molar-refractivity contribution is 5.95. The summed E-state index contributed by atoms with van der Waals surface area (Å²) in [5, 5.41) is 16.6. The normalized spacial score (nSPS) is 17.1. The van der Waals surface area contributed by atoms with Gasteiger partial charge in [0, 0.05) is 20.1 Å². The number of carboxylic acids is 1. The zero-order chi connectivity index (χ0) is 19.0. The number of aromatic carboxylic acids is 1. The van der Waals surface area contributed by atoms with Crippen molar-refractivity contribution in [2.75, 3.05) is 20.2 Å². The molecule has 0 atom stereocenters. The van der Waals surface area contributed by atoms with Gasteiger partial charge in [-0.3, -0.25) is 9.48 Å². The number of carbonyl (C=O) groups is 2. The van der Waals surface area contributed by atoms with Crippen molar-refractivity contribution in [3.8, 4) is 5.75 Å². The SMILES string of the molecule is CN(C(=O)c1cnn2c1CNCC2)C1(COc2ccc(C(=O)O)cc2)CC1. The van der Waals surface area contributed by atoms with Crippen LogP contribution in [0.15, 0.2) is 30.5 Å². The van der Waals surface area contributed by atoms with E-state index in [2.05, 4.69) is 10.4 Å². The standard InChI is InChI=1S/C19H22N4O4/c1-22(17(24)15-10-21-23-9-8-20-11-16(15)23)19(6-7-19)12-27-14-4-2-13(3-5-14)18(25)26/h2-5,10,20H,6-9,11-12H2,1H3,(H,25,26). The number of ether oxygens (including phenoxy) is 1. The zero-order valence-corrected chi connectivity index (χ0v) is 15.1. The van der Waals surface area contributed by atoms with E-state index < -0.39 is 5.97 Å². The first-order valence-electron chi connectivity index (χ1n) is 9.00. The average Bonchev–Trinajstić information content (AvgIpc) is 3.36. The number of benzene rings is 1. The molecule has 0 unspecified atom stereocenters. The van der Waals surface area contributed by atoms with Crippen molar-refractivity contribution in [1.29, 1.82) is 0 Å². The summed E-state index contributed by atoms with van der Waals surface area (Å²) in [7, 11) is 1.81. The van der Waals surface area contributed by atoms with Crippen LogP contribution in [0.2, 0.25) is 0 Å². The van der Waals surface area contributed by atoms with E-state index in [0.29, 0.717) is 24.5 Å². The number of carboxylic acid groups (broad SMARTS) is 1. The van der Waals surface area contributed by atoms with Gasteiger partial charge in [-0.15, -0.1) is 0 Å². The highest BCUT2D eigenvalue weighted by Crippen LogP contribution is 2.42. The molecule has 1 fully saturated rings. The molecule has 142 valence electrons. The molecule has 0 spiro atoms. The van der Waals surface area contributed by atoms with Crippen molar-refractivity contribution >= 4 is 11.9 Å². The molecule has 4 rings (SSSR count). The van der Waals surface area contributed by atoms with Gasteiger partial charge in [0.25, 0.3) is 5.91 Å². The largest absolute Gasteiger partial charge is 0.491 e. The smallest absolute Gasteiger partial charge is 0.335 e. The Balaban J connectivity index is 1.43. The third-order valence-electron chi connectivity index (χ3n) is 5.42. The summed E-state index contributed by atoms with van der Waals surface area (Å²) in [6.45, 7) is 2.65. The number of rotatable bonds is 6. The molecule has 2 aliphatic rings. The minimum Gasteiger partial charge on any atom is -0.491 e. The van der Waals surface area contributed by atoms with Crippen molar-refractivity contribution in [3.63, 3.8) is 0 Å². The second-order valence-corrected chi connectivity index (χ2v) is 7.11. The van der Waals surface area contributed by atoms with Crippen LogP contribution in [0.3, 0.4) is 0 Å². The van der Waals surface area contributed by atoms with Crippen molar-refractivity contribution in [1.82, 2.24) is 20.0 Å². The maximum atomic E-state index is 13.0. The summed E-state index contributed by atoms with van der Waals surface area (Å²) in [6, 6.07) is 6.30. The second kappa shape index (κ2) is 6.70. The van der Waals surface area contributed by atoms with Crippen LogP contribution in [0.1, 0.15) is 39.3 Å². The van der Waals surface area contributed by atoms with Gasteiger partial charge in [0.2, 0.25) is 0 Å². The summed E-state index contributed by atoms with van der Waals surface area (Å²) in [4.78, 5) is 25.7. The number of nitrogens with zero attached hydrogens (tertiary/aromatic N) is 3. The fourth-order valence-electron chi connectivity index (χ4n) is 3.39. The van der Waals surface area contributed by atoms with Crippen LogP contribution in [0.5, 0.6) is 5.75 Å². The quantitative estimate of drug-likeness (QED) is 0.797. The Bertz CT molecular complexity index is 870. The Hall–Kier alpha value is -2.87. The summed E-state index contributed by atoms with van der Waals surface area (Å²) in [5.74, 6) is -0.411. The number of hydrogen-bond donors (Lipinski definition) is 2. The molecule has 2 aromatic rings. The van der Waals surface area contributed by atoms with Crippen LogP contribution < -0.4 is 10.1 Å². The van der Waals surface area contributed by atoms with Gasteiger partial charge in [-0.05, 0) is 37.1 Å². The summed E-state index contributed by atoms with van der Waals surface area (Å²) in [6.07, 6.45) is 3.41. The highest BCUT2D eigenvalue weighted by Gasteiger charge is 2.50. The lowest BCUT2D eigenvalue weighted by Crippen LogP contribution is -2.43. The number of carbonyl (C=O) groups excluding carboxylic acids is 1. The van der Waals surface area contributed by atoms with Gasteiger partial charge in [0.05, 0.1) is 35.1 Å². The number of nitrogens with one attached hydrogen (secondary N) is 1. The van der Waals surface area contributed by atoms with Crippen molar-refractivity contribution in [3.05, 3.63) is 47.3 Å². The fraction of sp³-hybridized carbons (Fsp3) is 0.421. The van der Waals surface area contributed by atoms with Crippen LogP contribution in [0.4, 0.5) is 0 Å². The first-order valence-corrected chi connectivity index (χ1v) is 9.00. The lowest BCUT2D eigenvalue weighted by Gasteiger charge is -2.28. The lowest BCUT2D eigenvalue weighted by atomic mass is 10.1. The Kier molecular flexibility index (Phi) is 4.35. The number of amides is 1. The number of hydrogen-bond acceptors (Lipinski definition) is 5. The molecule has 1 aromatic carbocycles. The van der Waals surface area contributed by atoms with Gasteiger partial charge in [0.15, 0.2) is 0 Å². The molecule has 0 radical (unpaired) electrons. The molecule has 8 nitrogen and oxygen atoms in total. The van der Waals surface area contributed by atoms with Gasteiger partial charge in [-0.1, -0.05) is 0 Å². The van der Waals surface area contributed by atoms with Crippen molar-refractivity contribution < 1.29 is 19.4 Å². The van der Waals surface area contributed by atoms with E-state index in [1.54, 1.807) is 23.2 Å². The summed E-state index contributed by atoms with van der Waals surface area (Å²) >= 11 is 0. The minimum absolute atomic E-state index is 0.0396. The van der Waals surface area contributed by atoms with E-state index in [9.17, 15) is 9.59 Å². The van der Waals surface area contributed by atoms with E-state index in [0.717, 1.165) is 31.6 Å². The number of aromatic nitrogens is 2. The van der Waals surface area contributed by atoms with Crippen molar-refractivity contribution in [2.24, 2.45) is 0 Å². The lowest BCUT2D eigenvalue weighted by molar-refractivity contribution is 0.0636. The van der Waals surface area contributed by atoms with Crippen LogP contribution in [-0.4, -0.2) is 57.4 Å². The maximum absolute atomic E-state index is 13.0. The van der Waals surface area contributed by atoms with E-state index in [-0.39, 0.29) is 17.0 Å². The monoisotopic (exact) mass is 370 g/mol. The van der Waals surface area contributed by atoms with E-state index in [4.69, 9.17) is 9.84 Å². The predicted octanol–water partition coefficient (Wildman–Crippen LogP) is 1.37. The molecule has 1 aromatic heterocycles. The van der Waals surface area contributed by atoms with E-state index in [1.807, 2.05) is 11.7 Å². The predicted molar refractivity (Wildman–Crippen MR) is 96.9 cm³/mol. The Morgan fingerprint density at radius 2 is 2.07 bits per heavy atom. The molecule has 1 amide bonds. The van der Waals surface area contributed by atoms with Crippen LogP contribution in [0.25, 0.3) is 0 Å². The van der Waals surface area contributed by atoms with Crippen LogP contribution in [0, 0.1) is 0 Å². The van der Waals surface area contributed by atoms with E-state index in [1.165, 1.54) is 12.1 Å². The molecule has 0 bridgehead atoms. The van der Waals surface area contributed by atoms with Gasteiger partial charge < -0.3 is 20.1 Å². The summed E-state index contributed by atoms with van der Waals surface area (Å²) in [5.41, 5.74) is 1.47. The van der Waals surface area contributed by atoms with Crippen LogP contribution in [-0.2, 0) is 13.1 Å².